The zero-order valence-electron chi connectivity index (χ0n) is 14.9. The molecule has 5 nitrogen and oxygen atoms in total. The Morgan fingerprint density at radius 3 is 2.75 bits per heavy atom. The molecule has 0 spiro atoms. The number of hydrogen-bond acceptors (Lipinski definition) is 5. The molecule has 0 aliphatic carbocycles. The highest BCUT2D eigenvalue weighted by molar-refractivity contribution is 7.17. The highest BCUT2D eigenvalue weighted by Gasteiger charge is 2.25. The third kappa shape index (κ3) is 3.48. The maximum atomic E-state index is 13.7. The van der Waals surface area contributed by atoms with Gasteiger partial charge in [0.25, 0.3) is 5.91 Å². The first kappa shape index (κ1) is 18.2. The molecule has 0 bridgehead atoms. The van der Waals surface area contributed by atoms with Crippen molar-refractivity contribution in [1.29, 1.82) is 0 Å². The third-order valence-electron chi connectivity index (χ3n) is 4.31. The Morgan fingerprint density at radius 2 is 1.93 bits per heavy atom. The van der Waals surface area contributed by atoms with Gasteiger partial charge >= 0.3 is 5.97 Å². The fourth-order valence-corrected chi connectivity index (χ4v) is 3.95. The van der Waals surface area contributed by atoms with Crippen LogP contribution in [0, 0.1) is 5.82 Å². The van der Waals surface area contributed by atoms with Gasteiger partial charge in [0.1, 0.15) is 23.1 Å². The zero-order valence-corrected chi connectivity index (χ0v) is 15.7. The second-order valence-electron chi connectivity index (χ2n) is 6.27. The minimum atomic E-state index is -1.07. The normalized spacial score (nSPS) is 12.9. The van der Waals surface area contributed by atoms with E-state index in [-0.39, 0.29) is 5.69 Å². The van der Waals surface area contributed by atoms with Gasteiger partial charge in [0.15, 0.2) is 6.10 Å². The Balaban J connectivity index is 1.47. The van der Waals surface area contributed by atoms with Crippen LogP contribution >= 0.6 is 11.3 Å². The Morgan fingerprint density at radius 1 is 1.18 bits per heavy atom. The van der Waals surface area contributed by atoms with Crippen LogP contribution in [-0.2, 0) is 16.1 Å². The summed E-state index contributed by atoms with van der Waals surface area (Å²) in [6.45, 7) is 1.82. The molecule has 1 unspecified atom stereocenters. The summed E-state index contributed by atoms with van der Waals surface area (Å²) in [5.74, 6) is -0.991. The molecule has 0 radical (unpaired) electrons. The lowest BCUT2D eigenvalue weighted by molar-refractivity contribution is -0.123. The van der Waals surface area contributed by atoms with Crippen molar-refractivity contribution in [2.24, 2.45) is 0 Å². The first-order valence-electron chi connectivity index (χ1n) is 8.64. The van der Waals surface area contributed by atoms with Crippen LogP contribution in [0.25, 0.3) is 10.4 Å². The molecular formula is C21H16FNO4S. The quantitative estimate of drug-likeness (QED) is 0.652. The summed E-state index contributed by atoms with van der Waals surface area (Å²) in [5.41, 5.74) is 1.87. The van der Waals surface area contributed by atoms with Gasteiger partial charge in [-0.1, -0.05) is 24.3 Å². The standard InChI is InChI=1S/C21H16FNO4S/c1-12(20(24)23-16-8-4-3-7-15(16)22)27-21(25)18-10-13-11-26-17-9-5-2-6-14(17)19(13)28-18/h2-10,12H,11H2,1H3,(H,23,24). The molecule has 0 fully saturated rings. The average molecular weight is 397 g/mol. The van der Waals surface area contributed by atoms with E-state index in [2.05, 4.69) is 5.32 Å². The Hall–Kier alpha value is -3.19. The van der Waals surface area contributed by atoms with Gasteiger partial charge in [0.2, 0.25) is 0 Å². The maximum absolute atomic E-state index is 13.7. The minimum absolute atomic E-state index is 0.0377. The van der Waals surface area contributed by atoms with Crippen LogP contribution < -0.4 is 10.1 Å². The number of ether oxygens (including phenoxy) is 2. The Kier molecular flexibility index (Phi) is 4.83. The number of thiophene rings is 1. The number of esters is 1. The number of nitrogens with one attached hydrogen (secondary N) is 1. The van der Waals surface area contributed by atoms with E-state index in [0.717, 1.165) is 21.8 Å². The number of hydrogen-bond donors (Lipinski definition) is 1. The van der Waals surface area contributed by atoms with Crippen molar-refractivity contribution < 1.29 is 23.5 Å². The van der Waals surface area contributed by atoms with Gasteiger partial charge in [-0.2, -0.15) is 0 Å². The predicted octanol–water partition coefficient (Wildman–Crippen LogP) is 4.63. The van der Waals surface area contributed by atoms with Crippen molar-refractivity contribution >= 4 is 28.9 Å². The maximum Gasteiger partial charge on any atom is 0.349 e. The zero-order chi connectivity index (χ0) is 19.7. The Labute approximate surface area is 164 Å². The van der Waals surface area contributed by atoms with Crippen molar-refractivity contribution in [3.8, 4) is 16.2 Å². The summed E-state index contributed by atoms with van der Waals surface area (Å²) in [7, 11) is 0. The summed E-state index contributed by atoms with van der Waals surface area (Å²) in [5, 5.41) is 2.42. The summed E-state index contributed by atoms with van der Waals surface area (Å²) in [6.07, 6.45) is -1.07. The lowest BCUT2D eigenvalue weighted by atomic mass is 10.1. The molecule has 1 amide bonds. The van der Waals surface area contributed by atoms with Crippen LogP contribution in [0.15, 0.2) is 54.6 Å². The molecule has 1 aliphatic rings. The molecule has 1 aromatic heterocycles. The number of amides is 1. The monoisotopic (exact) mass is 397 g/mol. The second-order valence-corrected chi connectivity index (χ2v) is 7.32. The van der Waals surface area contributed by atoms with Gasteiger partial charge in [0, 0.05) is 16.0 Å². The number of carbonyl (C=O) groups excluding carboxylic acids is 2. The average Bonchev–Trinajstić information content (AvgIpc) is 3.14. The van der Waals surface area contributed by atoms with E-state index in [9.17, 15) is 14.0 Å². The summed E-state index contributed by atoms with van der Waals surface area (Å²) >= 11 is 1.30. The van der Waals surface area contributed by atoms with Crippen LogP contribution in [0.2, 0.25) is 0 Å². The van der Waals surface area contributed by atoms with Crippen molar-refractivity contribution in [2.45, 2.75) is 19.6 Å². The molecule has 0 saturated heterocycles. The fourth-order valence-electron chi connectivity index (χ4n) is 2.87. The van der Waals surface area contributed by atoms with E-state index in [4.69, 9.17) is 9.47 Å². The smallest absolute Gasteiger partial charge is 0.349 e. The number of rotatable bonds is 4. The number of halogens is 1. The van der Waals surface area contributed by atoms with E-state index >= 15 is 0 Å². The number of benzene rings is 2. The SMILES string of the molecule is CC(OC(=O)c1cc2c(s1)-c1ccccc1OC2)C(=O)Nc1ccccc1F. The third-order valence-corrected chi connectivity index (χ3v) is 5.50. The van der Waals surface area contributed by atoms with E-state index in [1.165, 1.54) is 36.5 Å². The molecule has 1 N–H and O–H groups in total. The van der Waals surface area contributed by atoms with Gasteiger partial charge in [-0.25, -0.2) is 9.18 Å². The largest absolute Gasteiger partial charge is 0.488 e. The van der Waals surface area contributed by atoms with Crippen molar-refractivity contribution in [3.63, 3.8) is 0 Å². The molecule has 2 heterocycles. The van der Waals surface area contributed by atoms with Gasteiger partial charge in [-0.05, 0) is 37.3 Å². The van der Waals surface area contributed by atoms with E-state index in [0.29, 0.717) is 11.5 Å². The van der Waals surface area contributed by atoms with Crippen LogP contribution in [0.5, 0.6) is 5.75 Å². The van der Waals surface area contributed by atoms with Gasteiger partial charge in [-0.3, -0.25) is 4.79 Å². The molecule has 7 heteroatoms. The number of carbonyl (C=O) groups is 2. The molecule has 4 rings (SSSR count). The van der Waals surface area contributed by atoms with Crippen LogP contribution in [0.3, 0.4) is 0 Å². The first-order valence-corrected chi connectivity index (χ1v) is 9.46. The molecule has 1 aliphatic heterocycles. The van der Waals surface area contributed by atoms with E-state index in [1.807, 2.05) is 24.3 Å². The van der Waals surface area contributed by atoms with Gasteiger partial charge in [-0.15, -0.1) is 11.3 Å². The summed E-state index contributed by atoms with van der Waals surface area (Å²) in [4.78, 5) is 26.1. The molecule has 142 valence electrons. The van der Waals surface area contributed by atoms with Crippen LogP contribution in [0.1, 0.15) is 22.2 Å². The molecule has 1 atom stereocenters. The van der Waals surface area contributed by atoms with Gasteiger partial charge in [0.05, 0.1) is 5.69 Å². The van der Waals surface area contributed by atoms with Crippen molar-refractivity contribution in [2.75, 3.05) is 5.32 Å². The highest BCUT2D eigenvalue weighted by atomic mass is 32.1. The number of anilines is 1. The molecule has 0 saturated carbocycles. The summed E-state index contributed by atoms with van der Waals surface area (Å²) in [6, 6.07) is 15.1. The molecular weight excluding hydrogens is 381 g/mol. The first-order chi connectivity index (χ1) is 13.5. The molecule has 2 aromatic carbocycles. The second kappa shape index (κ2) is 7.44. The van der Waals surface area contributed by atoms with Crippen molar-refractivity contribution in [1.82, 2.24) is 0 Å². The van der Waals surface area contributed by atoms with Crippen LogP contribution in [0.4, 0.5) is 10.1 Å². The molecule has 28 heavy (non-hydrogen) atoms. The van der Waals surface area contributed by atoms with E-state index < -0.39 is 23.8 Å². The van der Waals surface area contributed by atoms with E-state index in [1.54, 1.807) is 12.1 Å². The molecule has 3 aromatic rings. The highest BCUT2D eigenvalue weighted by Crippen LogP contribution is 2.42. The lowest BCUT2D eigenvalue weighted by Crippen LogP contribution is -2.30. The Bertz CT molecular complexity index is 1060. The predicted molar refractivity (Wildman–Crippen MR) is 104 cm³/mol. The van der Waals surface area contributed by atoms with Crippen molar-refractivity contribution in [3.05, 3.63) is 70.9 Å². The van der Waals surface area contributed by atoms with Gasteiger partial charge < -0.3 is 14.8 Å². The topological polar surface area (TPSA) is 64.6 Å². The number of para-hydroxylation sites is 2. The summed E-state index contributed by atoms with van der Waals surface area (Å²) < 4.78 is 24.6. The number of fused-ring (bicyclic) bond motifs is 3. The fraction of sp³-hybridized carbons (Fsp3) is 0.143. The lowest BCUT2D eigenvalue weighted by Gasteiger charge is -2.16. The minimum Gasteiger partial charge on any atom is -0.488 e. The van der Waals surface area contributed by atoms with Crippen LogP contribution in [-0.4, -0.2) is 18.0 Å².